The summed E-state index contributed by atoms with van der Waals surface area (Å²) in [4.78, 5) is 26.1. The lowest BCUT2D eigenvalue weighted by Crippen LogP contribution is -2.43. The van der Waals surface area contributed by atoms with Crippen molar-refractivity contribution in [2.45, 2.75) is 51.7 Å². The number of piperidine rings is 1. The third-order valence-corrected chi connectivity index (χ3v) is 4.71. The average molecular weight is 348 g/mol. The summed E-state index contributed by atoms with van der Waals surface area (Å²) < 4.78 is 40.0. The summed E-state index contributed by atoms with van der Waals surface area (Å²) in [7, 11) is 1.07. The fraction of sp³-hybridized carbons (Fsp3) is 0.800. The first-order valence-corrected chi connectivity index (χ1v) is 8.22. The molecule has 0 aromatic carbocycles. The second-order valence-electron chi connectivity index (χ2n) is 6.18. The van der Waals surface area contributed by atoms with Gasteiger partial charge in [-0.1, -0.05) is 13.8 Å². The molecule has 0 N–H and O–H groups in total. The first kappa shape index (κ1) is 18.5. The van der Waals surface area contributed by atoms with E-state index in [4.69, 9.17) is 0 Å². The van der Waals surface area contributed by atoms with Crippen molar-refractivity contribution >= 4 is 5.91 Å². The zero-order valence-electron chi connectivity index (χ0n) is 14.1. The summed E-state index contributed by atoms with van der Waals surface area (Å²) in [6, 6.07) is -0.412. The minimum atomic E-state index is -4.66. The number of amides is 1. The molecule has 1 aromatic rings. The molecule has 1 fully saturated rings. The minimum absolute atomic E-state index is 0.0176. The van der Waals surface area contributed by atoms with Crippen LogP contribution in [0.25, 0.3) is 0 Å². The molecule has 0 radical (unpaired) electrons. The molecule has 24 heavy (non-hydrogen) atoms. The van der Waals surface area contributed by atoms with Crippen LogP contribution < -0.4 is 5.69 Å². The van der Waals surface area contributed by atoms with Crippen molar-refractivity contribution in [2.75, 3.05) is 13.1 Å². The zero-order chi connectivity index (χ0) is 18.1. The Morgan fingerprint density at radius 1 is 1.25 bits per heavy atom. The molecule has 0 bridgehead atoms. The van der Waals surface area contributed by atoms with E-state index in [1.807, 2.05) is 13.8 Å². The van der Waals surface area contributed by atoms with E-state index in [2.05, 4.69) is 5.10 Å². The molecule has 0 spiro atoms. The normalized spacial score (nSPS) is 16.9. The molecule has 0 saturated carbocycles. The molecule has 0 unspecified atom stereocenters. The molecular formula is C15H23F3N4O2. The Labute approximate surface area is 138 Å². The number of carbonyl (C=O) groups excluding carboxylic acids is 1. The van der Waals surface area contributed by atoms with Gasteiger partial charge in [-0.2, -0.15) is 13.2 Å². The van der Waals surface area contributed by atoms with E-state index >= 15 is 0 Å². The number of carbonyl (C=O) groups is 1. The third-order valence-electron chi connectivity index (χ3n) is 4.71. The van der Waals surface area contributed by atoms with Crippen molar-refractivity contribution in [3.8, 4) is 0 Å². The van der Waals surface area contributed by atoms with E-state index in [9.17, 15) is 22.8 Å². The van der Waals surface area contributed by atoms with Gasteiger partial charge in [0.25, 0.3) is 0 Å². The predicted molar refractivity (Wildman–Crippen MR) is 81.4 cm³/mol. The summed E-state index contributed by atoms with van der Waals surface area (Å²) in [5.41, 5.74) is -0.771. The molecule has 1 saturated heterocycles. The maximum Gasteiger partial charge on any atom is 0.451 e. The lowest BCUT2D eigenvalue weighted by Gasteiger charge is -2.33. The highest BCUT2D eigenvalue weighted by molar-refractivity contribution is 5.78. The van der Waals surface area contributed by atoms with Gasteiger partial charge < -0.3 is 4.90 Å². The Balaban J connectivity index is 2.11. The van der Waals surface area contributed by atoms with Gasteiger partial charge in [-0.3, -0.25) is 9.36 Å². The molecule has 1 aromatic heterocycles. The van der Waals surface area contributed by atoms with Crippen LogP contribution in [0.1, 0.15) is 51.4 Å². The molecule has 9 heteroatoms. The van der Waals surface area contributed by atoms with Gasteiger partial charge in [0.15, 0.2) is 0 Å². The first-order chi connectivity index (χ1) is 11.2. The Morgan fingerprint density at radius 3 is 2.21 bits per heavy atom. The van der Waals surface area contributed by atoms with E-state index in [0.29, 0.717) is 30.5 Å². The number of hydrogen-bond acceptors (Lipinski definition) is 3. The fourth-order valence-electron chi connectivity index (χ4n) is 3.17. The molecule has 1 aliphatic rings. The topological polar surface area (TPSA) is 60.1 Å². The van der Waals surface area contributed by atoms with Gasteiger partial charge in [-0.05, 0) is 25.7 Å². The molecule has 136 valence electrons. The van der Waals surface area contributed by atoms with Crippen LogP contribution in [0.15, 0.2) is 4.79 Å². The van der Waals surface area contributed by atoms with Crippen molar-refractivity contribution in [3.63, 3.8) is 0 Å². The molecular weight excluding hydrogens is 325 g/mol. The molecule has 0 atom stereocenters. The molecule has 1 aliphatic heterocycles. The minimum Gasteiger partial charge on any atom is -0.342 e. The highest BCUT2D eigenvalue weighted by atomic mass is 19.4. The van der Waals surface area contributed by atoms with Crippen LogP contribution in [0, 0.1) is 5.92 Å². The van der Waals surface area contributed by atoms with Crippen LogP contribution in [0.3, 0.4) is 0 Å². The summed E-state index contributed by atoms with van der Waals surface area (Å²) >= 11 is 0. The molecule has 6 nitrogen and oxygen atoms in total. The Hall–Kier alpha value is -1.80. The van der Waals surface area contributed by atoms with Crippen LogP contribution in [0.5, 0.6) is 0 Å². The van der Waals surface area contributed by atoms with E-state index in [1.54, 1.807) is 4.90 Å². The molecule has 2 rings (SSSR count). The van der Waals surface area contributed by atoms with E-state index in [1.165, 1.54) is 0 Å². The van der Waals surface area contributed by atoms with E-state index in [-0.39, 0.29) is 11.8 Å². The summed E-state index contributed by atoms with van der Waals surface area (Å²) in [5.74, 6) is -1.12. The van der Waals surface area contributed by atoms with Crippen molar-refractivity contribution in [2.24, 2.45) is 13.0 Å². The third kappa shape index (κ3) is 3.49. The SMILES string of the molecule is CCC(CC)C(=O)N1CCC(n2nc(C(F)(F)F)n(C)c2=O)CC1. The number of halogens is 3. The highest BCUT2D eigenvalue weighted by Gasteiger charge is 2.39. The number of nitrogens with zero attached hydrogens (tertiary/aromatic N) is 4. The van der Waals surface area contributed by atoms with E-state index in [0.717, 1.165) is 24.6 Å². The smallest absolute Gasteiger partial charge is 0.342 e. The van der Waals surface area contributed by atoms with Crippen LogP contribution >= 0.6 is 0 Å². The number of rotatable bonds is 4. The Morgan fingerprint density at radius 2 is 1.79 bits per heavy atom. The number of likely N-dealkylation sites (tertiary alicyclic amines) is 1. The number of alkyl halides is 3. The van der Waals surface area contributed by atoms with Crippen molar-refractivity contribution < 1.29 is 18.0 Å². The van der Waals surface area contributed by atoms with Gasteiger partial charge in [-0.25, -0.2) is 9.48 Å². The van der Waals surface area contributed by atoms with Crippen LogP contribution in [-0.4, -0.2) is 38.2 Å². The van der Waals surface area contributed by atoms with Gasteiger partial charge >= 0.3 is 11.9 Å². The predicted octanol–water partition coefficient (Wildman–Crippen LogP) is 2.20. The first-order valence-electron chi connectivity index (χ1n) is 8.22. The van der Waals surface area contributed by atoms with Crippen LogP contribution in [0.4, 0.5) is 13.2 Å². The Kier molecular flexibility index (Phi) is 5.39. The maximum atomic E-state index is 12.9. The maximum absolute atomic E-state index is 12.9. The summed E-state index contributed by atoms with van der Waals surface area (Å²) in [6.45, 7) is 4.80. The quantitative estimate of drug-likeness (QED) is 0.838. The second kappa shape index (κ2) is 6.98. The summed E-state index contributed by atoms with van der Waals surface area (Å²) in [5, 5.41) is 3.48. The van der Waals surface area contributed by atoms with Crippen LogP contribution in [0.2, 0.25) is 0 Å². The average Bonchev–Trinajstić information content (AvgIpc) is 2.84. The molecule has 2 heterocycles. The van der Waals surface area contributed by atoms with Gasteiger partial charge in [0.05, 0.1) is 6.04 Å². The number of hydrogen-bond donors (Lipinski definition) is 0. The van der Waals surface area contributed by atoms with Gasteiger partial charge in [0, 0.05) is 26.1 Å². The Bertz CT molecular complexity index is 638. The summed E-state index contributed by atoms with van der Waals surface area (Å²) in [6.07, 6.45) is -2.26. The van der Waals surface area contributed by atoms with Gasteiger partial charge in [0.2, 0.25) is 11.7 Å². The van der Waals surface area contributed by atoms with Crippen molar-refractivity contribution in [1.82, 2.24) is 19.2 Å². The fourth-order valence-corrected chi connectivity index (χ4v) is 3.17. The van der Waals surface area contributed by atoms with Gasteiger partial charge in [0.1, 0.15) is 0 Å². The molecule has 0 aliphatic carbocycles. The molecule has 1 amide bonds. The van der Waals surface area contributed by atoms with E-state index < -0.39 is 23.7 Å². The van der Waals surface area contributed by atoms with Crippen molar-refractivity contribution in [3.05, 3.63) is 16.3 Å². The van der Waals surface area contributed by atoms with Crippen LogP contribution in [-0.2, 0) is 18.0 Å². The second-order valence-corrected chi connectivity index (χ2v) is 6.18. The lowest BCUT2D eigenvalue weighted by molar-refractivity contribution is -0.147. The monoisotopic (exact) mass is 348 g/mol. The zero-order valence-corrected chi connectivity index (χ0v) is 14.1. The van der Waals surface area contributed by atoms with Gasteiger partial charge in [-0.15, -0.1) is 5.10 Å². The highest BCUT2D eigenvalue weighted by Crippen LogP contribution is 2.28. The van der Waals surface area contributed by atoms with Crippen molar-refractivity contribution in [1.29, 1.82) is 0 Å². The lowest BCUT2D eigenvalue weighted by atomic mass is 9.98. The number of aromatic nitrogens is 3. The standard InChI is InChI=1S/C15H23F3N4O2/c1-4-10(5-2)12(23)21-8-6-11(7-9-21)22-14(24)20(3)13(19-22)15(16,17)18/h10-11H,4-9H2,1-3H3. The largest absolute Gasteiger partial charge is 0.451 e.